The highest BCUT2D eigenvalue weighted by Crippen LogP contribution is 2.29. The van der Waals surface area contributed by atoms with Gasteiger partial charge in [-0.05, 0) is 43.0 Å². The van der Waals surface area contributed by atoms with Gasteiger partial charge in [0.15, 0.2) is 0 Å². The predicted octanol–water partition coefficient (Wildman–Crippen LogP) is 3.07. The van der Waals surface area contributed by atoms with Crippen molar-refractivity contribution in [1.82, 2.24) is 4.98 Å². The third kappa shape index (κ3) is 2.33. The van der Waals surface area contributed by atoms with Crippen LogP contribution in [-0.4, -0.2) is 18.6 Å². The second-order valence-corrected chi connectivity index (χ2v) is 4.58. The first-order valence-electron chi connectivity index (χ1n) is 6.04. The van der Waals surface area contributed by atoms with E-state index in [1.54, 1.807) is 7.11 Å². The third-order valence-electron chi connectivity index (χ3n) is 3.17. The number of anilines is 1. The highest BCUT2D eigenvalue weighted by molar-refractivity contribution is 5.81. The summed E-state index contributed by atoms with van der Waals surface area (Å²) >= 11 is 0. The second kappa shape index (κ2) is 4.24. The fraction of sp³-hybridized carbons (Fsp3) is 0.357. The quantitative estimate of drug-likeness (QED) is 0.873. The number of pyridine rings is 1. The van der Waals surface area contributed by atoms with Crippen molar-refractivity contribution in [1.29, 1.82) is 0 Å². The summed E-state index contributed by atoms with van der Waals surface area (Å²) in [5.74, 6) is 2.67. The molecule has 1 heterocycles. The number of nitrogens with one attached hydrogen (secondary N) is 1. The van der Waals surface area contributed by atoms with Gasteiger partial charge in [0.05, 0.1) is 12.6 Å². The van der Waals surface area contributed by atoms with Gasteiger partial charge in [0, 0.05) is 18.0 Å². The number of methoxy groups -OCH3 is 1. The molecule has 0 bridgehead atoms. The average molecular weight is 228 g/mol. The Labute approximate surface area is 101 Å². The lowest BCUT2D eigenvalue weighted by molar-refractivity contribution is 0.415. The molecule has 0 atom stereocenters. The van der Waals surface area contributed by atoms with Crippen LogP contribution in [0.1, 0.15) is 12.8 Å². The van der Waals surface area contributed by atoms with E-state index in [4.69, 9.17) is 4.74 Å². The molecule has 2 aromatic rings. The summed E-state index contributed by atoms with van der Waals surface area (Å²) in [4.78, 5) is 4.59. The Morgan fingerprint density at radius 3 is 2.88 bits per heavy atom. The molecule has 0 radical (unpaired) electrons. The van der Waals surface area contributed by atoms with Crippen molar-refractivity contribution in [2.24, 2.45) is 5.92 Å². The molecule has 1 fully saturated rings. The molecule has 1 N–H and O–H groups in total. The number of nitrogens with zero attached hydrogens (tertiary/aromatic N) is 1. The molecule has 3 heteroatoms. The van der Waals surface area contributed by atoms with Gasteiger partial charge in [-0.15, -0.1) is 0 Å². The van der Waals surface area contributed by atoms with Gasteiger partial charge in [0.25, 0.3) is 0 Å². The lowest BCUT2D eigenvalue weighted by Gasteiger charge is -2.06. The van der Waals surface area contributed by atoms with Crippen LogP contribution in [0.5, 0.6) is 5.75 Å². The monoisotopic (exact) mass is 228 g/mol. The molecular weight excluding hydrogens is 212 g/mol. The number of hydrogen-bond donors (Lipinski definition) is 1. The van der Waals surface area contributed by atoms with Crippen molar-refractivity contribution in [3.05, 3.63) is 30.3 Å². The number of fused-ring (bicyclic) bond motifs is 1. The van der Waals surface area contributed by atoms with Crippen LogP contribution in [0.4, 0.5) is 5.82 Å². The number of aromatic nitrogens is 1. The maximum atomic E-state index is 5.21. The SMILES string of the molecule is COc1ccc2ccc(NCC3CC3)nc2c1. The van der Waals surface area contributed by atoms with E-state index in [1.807, 2.05) is 24.3 Å². The number of ether oxygens (including phenoxy) is 1. The Hall–Kier alpha value is -1.77. The third-order valence-corrected chi connectivity index (χ3v) is 3.17. The number of benzene rings is 1. The molecule has 0 saturated heterocycles. The Kier molecular flexibility index (Phi) is 2.59. The van der Waals surface area contributed by atoms with Gasteiger partial charge < -0.3 is 10.1 Å². The van der Waals surface area contributed by atoms with Gasteiger partial charge in [0.2, 0.25) is 0 Å². The van der Waals surface area contributed by atoms with Crippen LogP contribution in [0.25, 0.3) is 10.9 Å². The molecule has 3 rings (SSSR count). The summed E-state index contributed by atoms with van der Waals surface area (Å²) in [6, 6.07) is 10.1. The molecule has 1 aromatic heterocycles. The Bertz CT molecular complexity index is 535. The standard InChI is InChI=1S/C14H16N2O/c1-17-12-6-4-11-5-7-14(16-13(11)8-12)15-9-10-2-3-10/h4-8,10H,2-3,9H2,1H3,(H,15,16). The van der Waals surface area contributed by atoms with E-state index in [0.29, 0.717) is 0 Å². The lowest BCUT2D eigenvalue weighted by Crippen LogP contribution is -2.04. The molecule has 1 saturated carbocycles. The van der Waals surface area contributed by atoms with Crippen LogP contribution in [0.15, 0.2) is 30.3 Å². The van der Waals surface area contributed by atoms with Crippen molar-refractivity contribution >= 4 is 16.7 Å². The highest BCUT2D eigenvalue weighted by atomic mass is 16.5. The van der Waals surface area contributed by atoms with Crippen LogP contribution in [-0.2, 0) is 0 Å². The van der Waals surface area contributed by atoms with Gasteiger partial charge in [-0.3, -0.25) is 0 Å². The summed E-state index contributed by atoms with van der Waals surface area (Å²) in [7, 11) is 1.68. The first kappa shape index (κ1) is 10.4. The van der Waals surface area contributed by atoms with Gasteiger partial charge in [-0.2, -0.15) is 0 Å². The highest BCUT2D eigenvalue weighted by Gasteiger charge is 2.20. The van der Waals surface area contributed by atoms with Crippen molar-refractivity contribution in [3.8, 4) is 5.75 Å². The molecule has 1 aromatic carbocycles. The van der Waals surface area contributed by atoms with Gasteiger partial charge in [-0.1, -0.05) is 0 Å². The predicted molar refractivity (Wildman–Crippen MR) is 69.5 cm³/mol. The first-order chi connectivity index (χ1) is 8.35. The summed E-state index contributed by atoms with van der Waals surface area (Å²) in [5.41, 5.74) is 0.977. The van der Waals surface area contributed by atoms with Crippen LogP contribution in [0, 0.1) is 5.92 Å². The molecule has 0 aliphatic heterocycles. The fourth-order valence-electron chi connectivity index (χ4n) is 1.89. The molecule has 0 unspecified atom stereocenters. The topological polar surface area (TPSA) is 34.1 Å². The zero-order valence-corrected chi connectivity index (χ0v) is 9.94. The zero-order valence-electron chi connectivity index (χ0n) is 9.94. The smallest absolute Gasteiger partial charge is 0.126 e. The summed E-state index contributed by atoms with van der Waals surface area (Å²) in [5, 5.41) is 4.53. The largest absolute Gasteiger partial charge is 0.497 e. The molecular formula is C14H16N2O. The van der Waals surface area contributed by atoms with Crippen molar-refractivity contribution < 1.29 is 4.74 Å². The van der Waals surface area contributed by atoms with E-state index in [1.165, 1.54) is 12.8 Å². The Morgan fingerprint density at radius 1 is 1.29 bits per heavy atom. The lowest BCUT2D eigenvalue weighted by atomic mass is 10.2. The molecule has 17 heavy (non-hydrogen) atoms. The van der Waals surface area contributed by atoms with E-state index in [0.717, 1.165) is 34.9 Å². The average Bonchev–Trinajstić information content (AvgIpc) is 3.19. The van der Waals surface area contributed by atoms with Crippen LogP contribution < -0.4 is 10.1 Å². The summed E-state index contributed by atoms with van der Waals surface area (Å²) < 4.78 is 5.21. The van der Waals surface area contributed by atoms with Crippen LogP contribution >= 0.6 is 0 Å². The van der Waals surface area contributed by atoms with E-state index >= 15 is 0 Å². The molecule has 0 amide bonds. The number of rotatable bonds is 4. The van der Waals surface area contributed by atoms with Crippen LogP contribution in [0.3, 0.4) is 0 Å². The Morgan fingerprint density at radius 2 is 2.12 bits per heavy atom. The minimum absolute atomic E-state index is 0.851. The van der Waals surface area contributed by atoms with Gasteiger partial charge >= 0.3 is 0 Å². The van der Waals surface area contributed by atoms with E-state index in [9.17, 15) is 0 Å². The van der Waals surface area contributed by atoms with Crippen molar-refractivity contribution in [2.45, 2.75) is 12.8 Å². The molecule has 1 aliphatic carbocycles. The second-order valence-electron chi connectivity index (χ2n) is 4.58. The van der Waals surface area contributed by atoms with Crippen LogP contribution in [0.2, 0.25) is 0 Å². The fourth-order valence-corrected chi connectivity index (χ4v) is 1.89. The van der Waals surface area contributed by atoms with E-state index in [2.05, 4.69) is 16.4 Å². The minimum Gasteiger partial charge on any atom is -0.497 e. The number of hydrogen-bond acceptors (Lipinski definition) is 3. The summed E-state index contributed by atoms with van der Waals surface area (Å²) in [6.07, 6.45) is 2.71. The normalized spacial score (nSPS) is 14.9. The molecule has 3 nitrogen and oxygen atoms in total. The maximum absolute atomic E-state index is 5.21. The Balaban J connectivity index is 1.86. The van der Waals surface area contributed by atoms with Crippen molar-refractivity contribution in [2.75, 3.05) is 19.0 Å². The van der Waals surface area contributed by atoms with Crippen molar-refractivity contribution in [3.63, 3.8) is 0 Å². The van der Waals surface area contributed by atoms with E-state index < -0.39 is 0 Å². The zero-order chi connectivity index (χ0) is 11.7. The van der Waals surface area contributed by atoms with Gasteiger partial charge in [-0.25, -0.2) is 4.98 Å². The molecule has 88 valence electrons. The van der Waals surface area contributed by atoms with E-state index in [-0.39, 0.29) is 0 Å². The summed E-state index contributed by atoms with van der Waals surface area (Å²) in [6.45, 7) is 1.04. The first-order valence-corrected chi connectivity index (χ1v) is 6.04. The molecule has 0 spiro atoms. The molecule has 1 aliphatic rings. The minimum atomic E-state index is 0.851. The van der Waals surface area contributed by atoms with Gasteiger partial charge in [0.1, 0.15) is 11.6 Å². The maximum Gasteiger partial charge on any atom is 0.126 e.